The van der Waals surface area contributed by atoms with E-state index in [4.69, 9.17) is 8.85 Å². The summed E-state index contributed by atoms with van der Waals surface area (Å²) in [7, 11) is -1.96. The van der Waals surface area contributed by atoms with Gasteiger partial charge in [0.25, 0.3) is 0 Å². The van der Waals surface area contributed by atoms with E-state index in [0.29, 0.717) is 12.2 Å². The van der Waals surface area contributed by atoms with Gasteiger partial charge in [-0.3, -0.25) is 0 Å². The van der Waals surface area contributed by atoms with Crippen molar-refractivity contribution in [1.29, 1.82) is 0 Å². The zero-order valence-corrected chi connectivity index (χ0v) is 13.7. The van der Waals surface area contributed by atoms with Crippen LogP contribution in [0.5, 0.6) is 0 Å². The summed E-state index contributed by atoms with van der Waals surface area (Å²) in [6.07, 6.45) is 5.27. The van der Waals surface area contributed by atoms with Crippen LogP contribution < -0.4 is 0 Å². The Labute approximate surface area is 109 Å². The van der Waals surface area contributed by atoms with Crippen LogP contribution in [0.2, 0.25) is 12.1 Å². The fourth-order valence-corrected chi connectivity index (χ4v) is 5.51. The van der Waals surface area contributed by atoms with Crippen molar-refractivity contribution >= 4 is 8.56 Å². The van der Waals surface area contributed by atoms with Crippen molar-refractivity contribution in [2.45, 2.75) is 91.5 Å². The summed E-state index contributed by atoms with van der Waals surface area (Å²) < 4.78 is 12.7. The molecule has 0 aliphatic rings. The normalized spacial score (nSPS) is 18.7. The van der Waals surface area contributed by atoms with Gasteiger partial charge in [0.1, 0.15) is 0 Å². The molecule has 0 saturated heterocycles. The molecule has 0 heterocycles. The first-order valence-electron chi connectivity index (χ1n) is 7.39. The Kier molecular flexibility index (Phi) is 9.19. The minimum absolute atomic E-state index is 0.336. The lowest BCUT2D eigenvalue weighted by Crippen LogP contribution is -2.46. The first-order valence-corrected chi connectivity index (χ1v) is 9.62. The molecule has 0 aliphatic heterocycles. The lowest BCUT2D eigenvalue weighted by atomic mass is 10.3. The third kappa shape index (κ3) is 6.58. The van der Waals surface area contributed by atoms with Crippen molar-refractivity contribution in [3.63, 3.8) is 0 Å². The van der Waals surface area contributed by atoms with E-state index in [1.54, 1.807) is 0 Å². The molecule has 0 N–H and O–H groups in total. The van der Waals surface area contributed by atoms with Gasteiger partial charge in [-0.15, -0.1) is 0 Å². The Morgan fingerprint density at radius 2 is 1.35 bits per heavy atom. The van der Waals surface area contributed by atoms with E-state index < -0.39 is 8.56 Å². The van der Waals surface area contributed by atoms with Gasteiger partial charge in [-0.2, -0.15) is 0 Å². The fraction of sp³-hybridized carbons (Fsp3) is 1.00. The fourth-order valence-electron chi connectivity index (χ4n) is 1.84. The van der Waals surface area contributed by atoms with Crippen molar-refractivity contribution in [3.8, 4) is 0 Å². The standard InChI is InChI=1S/C14H32O2Si/c1-7-11-12-17(10-4,15-13(5)8-2)16-14(6)9-3/h13-14H,7-12H2,1-6H3. The van der Waals surface area contributed by atoms with Gasteiger partial charge >= 0.3 is 8.56 Å². The van der Waals surface area contributed by atoms with E-state index in [-0.39, 0.29) is 0 Å². The third-order valence-corrected chi connectivity index (χ3v) is 7.29. The van der Waals surface area contributed by atoms with Crippen LogP contribution in [0.1, 0.15) is 67.2 Å². The molecule has 2 unspecified atom stereocenters. The summed E-state index contributed by atoms with van der Waals surface area (Å²) in [5, 5.41) is 0. The van der Waals surface area contributed by atoms with Crippen LogP contribution in [0, 0.1) is 0 Å². The minimum Gasteiger partial charge on any atom is -0.391 e. The highest BCUT2D eigenvalue weighted by Crippen LogP contribution is 2.26. The molecule has 2 atom stereocenters. The van der Waals surface area contributed by atoms with Gasteiger partial charge < -0.3 is 8.85 Å². The molecule has 0 rings (SSSR count). The zero-order chi connectivity index (χ0) is 13.3. The van der Waals surface area contributed by atoms with Gasteiger partial charge in [0.15, 0.2) is 0 Å². The minimum atomic E-state index is -1.96. The predicted octanol–water partition coefficient (Wildman–Crippen LogP) is 4.88. The molecule has 0 aromatic carbocycles. The van der Waals surface area contributed by atoms with Crippen molar-refractivity contribution in [1.82, 2.24) is 0 Å². The van der Waals surface area contributed by atoms with Crippen LogP contribution >= 0.6 is 0 Å². The van der Waals surface area contributed by atoms with E-state index in [9.17, 15) is 0 Å². The van der Waals surface area contributed by atoms with Gasteiger partial charge in [0.2, 0.25) is 0 Å². The smallest absolute Gasteiger partial charge is 0.338 e. The van der Waals surface area contributed by atoms with Crippen LogP contribution in [0.15, 0.2) is 0 Å². The highest BCUT2D eigenvalue weighted by atomic mass is 28.4. The van der Waals surface area contributed by atoms with Crippen LogP contribution in [-0.4, -0.2) is 20.8 Å². The Balaban J connectivity index is 4.60. The van der Waals surface area contributed by atoms with E-state index in [1.807, 2.05) is 0 Å². The summed E-state index contributed by atoms with van der Waals surface area (Å²) in [6.45, 7) is 13.2. The maximum Gasteiger partial charge on any atom is 0.338 e. The Morgan fingerprint density at radius 1 is 0.882 bits per heavy atom. The molecule has 17 heavy (non-hydrogen) atoms. The van der Waals surface area contributed by atoms with E-state index >= 15 is 0 Å². The van der Waals surface area contributed by atoms with Crippen LogP contribution in [0.4, 0.5) is 0 Å². The second-order valence-electron chi connectivity index (χ2n) is 5.04. The number of hydrogen-bond acceptors (Lipinski definition) is 2. The van der Waals surface area contributed by atoms with Crippen molar-refractivity contribution in [3.05, 3.63) is 0 Å². The second kappa shape index (κ2) is 9.12. The highest BCUT2D eigenvalue weighted by Gasteiger charge is 2.37. The van der Waals surface area contributed by atoms with Crippen LogP contribution in [0.3, 0.4) is 0 Å². The van der Waals surface area contributed by atoms with Gasteiger partial charge in [-0.25, -0.2) is 0 Å². The Morgan fingerprint density at radius 3 is 1.65 bits per heavy atom. The third-order valence-electron chi connectivity index (χ3n) is 3.43. The highest BCUT2D eigenvalue weighted by molar-refractivity contribution is 6.67. The molecular formula is C14H32O2Si. The second-order valence-corrected chi connectivity index (χ2v) is 8.54. The quantitative estimate of drug-likeness (QED) is 0.521. The van der Waals surface area contributed by atoms with Crippen molar-refractivity contribution in [2.75, 3.05) is 0 Å². The maximum atomic E-state index is 6.33. The number of hydrogen-bond donors (Lipinski definition) is 0. The summed E-state index contributed by atoms with van der Waals surface area (Å²) in [4.78, 5) is 0. The van der Waals surface area contributed by atoms with E-state index in [2.05, 4.69) is 41.5 Å². The largest absolute Gasteiger partial charge is 0.391 e. The number of rotatable bonds is 10. The molecule has 0 amide bonds. The molecule has 0 saturated carbocycles. The van der Waals surface area contributed by atoms with Gasteiger partial charge in [-0.1, -0.05) is 40.5 Å². The molecule has 0 aromatic rings. The van der Waals surface area contributed by atoms with E-state index in [0.717, 1.165) is 24.9 Å². The van der Waals surface area contributed by atoms with Crippen molar-refractivity contribution < 1.29 is 8.85 Å². The van der Waals surface area contributed by atoms with Crippen LogP contribution in [-0.2, 0) is 8.85 Å². The summed E-state index contributed by atoms with van der Waals surface area (Å²) in [6, 6.07) is 2.22. The van der Waals surface area contributed by atoms with Gasteiger partial charge in [-0.05, 0) is 38.8 Å². The zero-order valence-electron chi connectivity index (χ0n) is 12.7. The summed E-state index contributed by atoms with van der Waals surface area (Å²) in [5.74, 6) is 0. The first-order chi connectivity index (χ1) is 8.03. The SMILES string of the molecule is CCCC[Si](CC)(OC(C)CC)OC(C)CC. The first kappa shape index (κ1) is 17.1. The molecule has 0 bridgehead atoms. The van der Waals surface area contributed by atoms with Crippen LogP contribution in [0.25, 0.3) is 0 Å². The molecule has 0 spiro atoms. The van der Waals surface area contributed by atoms with Gasteiger partial charge in [0, 0.05) is 12.2 Å². The molecule has 0 aromatic heterocycles. The monoisotopic (exact) mass is 260 g/mol. The summed E-state index contributed by atoms with van der Waals surface area (Å²) >= 11 is 0. The average Bonchev–Trinajstić information content (AvgIpc) is 2.35. The lowest BCUT2D eigenvalue weighted by Gasteiger charge is -2.35. The average molecular weight is 260 g/mol. The topological polar surface area (TPSA) is 18.5 Å². The number of unbranched alkanes of at least 4 members (excludes halogenated alkanes) is 1. The molecule has 104 valence electrons. The molecule has 0 fully saturated rings. The molecule has 0 aliphatic carbocycles. The molecule has 0 radical (unpaired) electrons. The lowest BCUT2D eigenvalue weighted by molar-refractivity contribution is 0.0869. The Bertz CT molecular complexity index is 173. The van der Waals surface area contributed by atoms with E-state index in [1.165, 1.54) is 12.8 Å². The Hall–Kier alpha value is 0.137. The van der Waals surface area contributed by atoms with Gasteiger partial charge in [0.05, 0.1) is 0 Å². The maximum absolute atomic E-state index is 6.33. The predicted molar refractivity (Wildman–Crippen MR) is 77.6 cm³/mol. The summed E-state index contributed by atoms with van der Waals surface area (Å²) in [5.41, 5.74) is 0. The molecule has 2 nitrogen and oxygen atoms in total. The van der Waals surface area contributed by atoms with Crippen molar-refractivity contribution in [2.24, 2.45) is 0 Å². The molecular weight excluding hydrogens is 228 g/mol. The molecule has 3 heteroatoms.